The van der Waals surface area contributed by atoms with E-state index in [9.17, 15) is 0 Å². The molecular weight excluding hydrogens is 204 g/mol. The van der Waals surface area contributed by atoms with Crippen molar-refractivity contribution >= 4 is 0 Å². The Balaban J connectivity index is 2.32. The van der Waals surface area contributed by atoms with E-state index in [0.29, 0.717) is 19.3 Å². The van der Waals surface area contributed by atoms with Crippen LogP contribution in [0.1, 0.15) is 19.5 Å². The molecule has 0 amide bonds. The molecule has 0 fully saturated rings. The SMILES string of the molecule is CC(C)NCc1cccn1CCOCCO. The minimum absolute atomic E-state index is 0.0907. The van der Waals surface area contributed by atoms with Crippen LogP contribution in [0, 0.1) is 0 Å². The molecule has 0 aliphatic rings. The summed E-state index contributed by atoms with van der Waals surface area (Å²) in [6.07, 6.45) is 2.06. The van der Waals surface area contributed by atoms with Crippen molar-refractivity contribution in [3.8, 4) is 0 Å². The molecule has 1 aromatic heterocycles. The minimum atomic E-state index is 0.0907. The number of aliphatic hydroxyl groups excluding tert-OH is 1. The van der Waals surface area contributed by atoms with E-state index in [1.807, 2.05) is 6.07 Å². The van der Waals surface area contributed by atoms with E-state index in [1.165, 1.54) is 5.69 Å². The summed E-state index contributed by atoms with van der Waals surface area (Å²) in [7, 11) is 0. The molecule has 0 aliphatic carbocycles. The van der Waals surface area contributed by atoms with Crippen LogP contribution in [0.25, 0.3) is 0 Å². The molecule has 1 aromatic rings. The van der Waals surface area contributed by atoms with Crippen molar-refractivity contribution in [3.05, 3.63) is 24.0 Å². The van der Waals surface area contributed by atoms with E-state index >= 15 is 0 Å². The first-order valence-electron chi connectivity index (χ1n) is 5.80. The largest absolute Gasteiger partial charge is 0.394 e. The number of ether oxygens (including phenoxy) is 1. The molecule has 0 unspecified atom stereocenters. The van der Waals surface area contributed by atoms with Gasteiger partial charge in [-0.1, -0.05) is 13.8 Å². The first-order chi connectivity index (χ1) is 7.74. The molecule has 0 atom stereocenters. The number of hydrogen-bond donors (Lipinski definition) is 2. The molecular formula is C12H22N2O2. The van der Waals surface area contributed by atoms with Gasteiger partial charge in [0.05, 0.1) is 19.8 Å². The summed E-state index contributed by atoms with van der Waals surface area (Å²) in [6.45, 7) is 7.14. The molecule has 4 heteroatoms. The Morgan fingerprint density at radius 2 is 2.25 bits per heavy atom. The minimum Gasteiger partial charge on any atom is -0.394 e. The van der Waals surface area contributed by atoms with Crippen LogP contribution in [0.2, 0.25) is 0 Å². The van der Waals surface area contributed by atoms with Crippen molar-refractivity contribution in [2.75, 3.05) is 19.8 Å². The molecule has 0 aliphatic heterocycles. The van der Waals surface area contributed by atoms with E-state index in [4.69, 9.17) is 9.84 Å². The number of hydrogen-bond acceptors (Lipinski definition) is 3. The third kappa shape index (κ3) is 4.79. The zero-order chi connectivity index (χ0) is 11.8. The zero-order valence-corrected chi connectivity index (χ0v) is 10.1. The van der Waals surface area contributed by atoms with E-state index < -0.39 is 0 Å². The Hall–Kier alpha value is -0.840. The smallest absolute Gasteiger partial charge is 0.0698 e. The number of rotatable bonds is 8. The van der Waals surface area contributed by atoms with Gasteiger partial charge in [-0.05, 0) is 12.1 Å². The highest BCUT2D eigenvalue weighted by Crippen LogP contribution is 2.02. The van der Waals surface area contributed by atoms with Crippen LogP contribution in [0.3, 0.4) is 0 Å². The van der Waals surface area contributed by atoms with Gasteiger partial charge < -0.3 is 19.7 Å². The van der Waals surface area contributed by atoms with Crippen molar-refractivity contribution in [3.63, 3.8) is 0 Å². The lowest BCUT2D eigenvalue weighted by molar-refractivity contribution is 0.0866. The fourth-order valence-electron chi connectivity index (χ4n) is 1.47. The third-order valence-corrected chi connectivity index (χ3v) is 2.33. The van der Waals surface area contributed by atoms with E-state index in [1.54, 1.807) is 0 Å². The summed E-state index contributed by atoms with van der Waals surface area (Å²) >= 11 is 0. The predicted molar refractivity (Wildman–Crippen MR) is 64.3 cm³/mol. The van der Waals surface area contributed by atoms with Crippen molar-refractivity contribution < 1.29 is 9.84 Å². The molecule has 92 valence electrons. The second-order valence-electron chi connectivity index (χ2n) is 4.06. The highest BCUT2D eigenvalue weighted by atomic mass is 16.5. The van der Waals surface area contributed by atoms with Gasteiger partial charge in [0.1, 0.15) is 0 Å². The Morgan fingerprint density at radius 1 is 1.44 bits per heavy atom. The van der Waals surface area contributed by atoms with Gasteiger partial charge in [-0.2, -0.15) is 0 Å². The van der Waals surface area contributed by atoms with Gasteiger partial charge in [0.2, 0.25) is 0 Å². The van der Waals surface area contributed by atoms with Gasteiger partial charge in [0.15, 0.2) is 0 Å². The second kappa shape index (κ2) is 7.44. The lowest BCUT2D eigenvalue weighted by Gasteiger charge is -2.12. The Morgan fingerprint density at radius 3 is 2.94 bits per heavy atom. The number of aliphatic hydroxyl groups is 1. The van der Waals surface area contributed by atoms with E-state index in [2.05, 4.69) is 36.0 Å². The number of aromatic nitrogens is 1. The lowest BCUT2D eigenvalue weighted by atomic mass is 10.3. The molecule has 0 bridgehead atoms. The van der Waals surface area contributed by atoms with Gasteiger partial charge in [-0.25, -0.2) is 0 Å². The van der Waals surface area contributed by atoms with Gasteiger partial charge in [0.25, 0.3) is 0 Å². The van der Waals surface area contributed by atoms with Crippen LogP contribution in [-0.4, -0.2) is 35.5 Å². The van der Waals surface area contributed by atoms with Crippen LogP contribution in [-0.2, 0) is 17.8 Å². The van der Waals surface area contributed by atoms with Crippen LogP contribution >= 0.6 is 0 Å². The number of nitrogens with one attached hydrogen (secondary N) is 1. The van der Waals surface area contributed by atoms with E-state index in [0.717, 1.165) is 13.1 Å². The number of nitrogens with zero attached hydrogens (tertiary/aromatic N) is 1. The molecule has 0 saturated carbocycles. The Kier molecular flexibility index (Phi) is 6.15. The van der Waals surface area contributed by atoms with Crippen molar-refractivity contribution in [1.29, 1.82) is 0 Å². The first kappa shape index (κ1) is 13.2. The van der Waals surface area contributed by atoms with Crippen molar-refractivity contribution in [2.24, 2.45) is 0 Å². The monoisotopic (exact) mass is 226 g/mol. The van der Waals surface area contributed by atoms with Crippen LogP contribution < -0.4 is 5.32 Å². The molecule has 1 rings (SSSR count). The molecule has 2 N–H and O–H groups in total. The lowest BCUT2D eigenvalue weighted by Crippen LogP contribution is -2.23. The molecule has 0 aromatic carbocycles. The van der Waals surface area contributed by atoms with Crippen molar-refractivity contribution in [1.82, 2.24) is 9.88 Å². The normalized spacial score (nSPS) is 11.2. The fraction of sp³-hybridized carbons (Fsp3) is 0.667. The predicted octanol–water partition coefficient (Wildman–Crippen LogP) is 0.995. The average molecular weight is 226 g/mol. The van der Waals surface area contributed by atoms with Gasteiger partial charge in [0, 0.05) is 31.0 Å². The summed E-state index contributed by atoms with van der Waals surface area (Å²) in [5.41, 5.74) is 1.27. The van der Waals surface area contributed by atoms with Crippen LogP contribution in [0.15, 0.2) is 18.3 Å². The summed E-state index contributed by atoms with van der Waals surface area (Å²) in [4.78, 5) is 0. The summed E-state index contributed by atoms with van der Waals surface area (Å²) in [6, 6.07) is 4.65. The second-order valence-corrected chi connectivity index (χ2v) is 4.06. The van der Waals surface area contributed by atoms with Crippen LogP contribution in [0.4, 0.5) is 0 Å². The maximum atomic E-state index is 8.58. The molecule has 0 radical (unpaired) electrons. The fourth-order valence-corrected chi connectivity index (χ4v) is 1.47. The van der Waals surface area contributed by atoms with Gasteiger partial charge in [-0.15, -0.1) is 0 Å². The summed E-state index contributed by atoms with van der Waals surface area (Å²) < 4.78 is 7.42. The highest BCUT2D eigenvalue weighted by Gasteiger charge is 2.01. The molecule has 1 heterocycles. The zero-order valence-electron chi connectivity index (χ0n) is 10.1. The maximum Gasteiger partial charge on any atom is 0.0698 e. The van der Waals surface area contributed by atoms with Crippen LogP contribution in [0.5, 0.6) is 0 Å². The summed E-state index contributed by atoms with van der Waals surface area (Å²) in [5, 5.41) is 12.0. The maximum absolute atomic E-state index is 8.58. The topological polar surface area (TPSA) is 46.4 Å². The van der Waals surface area contributed by atoms with E-state index in [-0.39, 0.29) is 6.61 Å². The Bertz CT molecular complexity index is 284. The van der Waals surface area contributed by atoms with Gasteiger partial charge in [-0.3, -0.25) is 0 Å². The third-order valence-electron chi connectivity index (χ3n) is 2.33. The molecule has 4 nitrogen and oxygen atoms in total. The molecule has 0 saturated heterocycles. The first-order valence-corrected chi connectivity index (χ1v) is 5.80. The Labute approximate surface area is 97.2 Å². The van der Waals surface area contributed by atoms with Gasteiger partial charge >= 0.3 is 0 Å². The quantitative estimate of drug-likeness (QED) is 0.650. The van der Waals surface area contributed by atoms with Crippen molar-refractivity contribution in [2.45, 2.75) is 33.0 Å². The average Bonchev–Trinajstić information content (AvgIpc) is 2.69. The summed E-state index contributed by atoms with van der Waals surface area (Å²) in [5.74, 6) is 0. The standard InChI is InChI=1S/C12H22N2O2/c1-11(2)13-10-12-4-3-5-14(12)6-8-16-9-7-15/h3-5,11,13,15H,6-10H2,1-2H3. The molecule has 16 heavy (non-hydrogen) atoms. The molecule has 0 spiro atoms. The highest BCUT2D eigenvalue weighted by molar-refractivity contribution is 5.06.